The Labute approximate surface area is 124 Å². The molecule has 2 aliphatic heterocycles. The molecule has 0 bridgehead atoms. The van der Waals surface area contributed by atoms with Crippen LogP contribution in [-0.4, -0.2) is 40.9 Å². The molecule has 1 N–H and O–H groups in total. The van der Waals surface area contributed by atoms with E-state index in [4.69, 9.17) is 0 Å². The van der Waals surface area contributed by atoms with Crippen LogP contribution in [0, 0.1) is 5.92 Å². The minimum atomic E-state index is -0.656. The van der Waals surface area contributed by atoms with Gasteiger partial charge in [0.15, 0.2) is 0 Å². The van der Waals surface area contributed by atoms with E-state index < -0.39 is 5.97 Å². The molecule has 4 heteroatoms. The molecule has 3 nitrogen and oxygen atoms in total. The monoisotopic (exact) mass is 291 g/mol. The maximum atomic E-state index is 11.5. The molecule has 0 aromatic heterocycles. The summed E-state index contributed by atoms with van der Waals surface area (Å²) in [6.07, 6.45) is 2.15. The van der Waals surface area contributed by atoms with Crippen molar-refractivity contribution >= 4 is 17.7 Å². The first kappa shape index (κ1) is 14.0. The van der Waals surface area contributed by atoms with Crippen LogP contribution in [0.4, 0.5) is 0 Å². The number of hydrogen-bond donors (Lipinski definition) is 1. The van der Waals surface area contributed by atoms with Crippen molar-refractivity contribution in [3.05, 3.63) is 29.8 Å². The Kier molecular flexibility index (Phi) is 4.03. The molecule has 0 radical (unpaired) electrons. The average Bonchev–Trinajstić information content (AvgIpc) is 2.82. The second-order valence-corrected chi connectivity index (χ2v) is 7.01. The summed E-state index contributed by atoms with van der Waals surface area (Å²) in [6.45, 7) is 3.87. The van der Waals surface area contributed by atoms with Crippen LogP contribution in [0.15, 0.2) is 29.2 Å². The van der Waals surface area contributed by atoms with E-state index in [0.29, 0.717) is 5.92 Å². The van der Waals surface area contributed by atoms with Gasteiger partial charge in [-0.05, 0) is 36.9 Å². The highest BCUT2D eigenvalue weighted by Crippen LogP contribution is 2.40. The molecule has 20 heavy (non-hydrogen) atoms. The van der Waals surface area contributed by atoms with Gasteiger partial charge in [-0.25, -0.2) is 0 Å². The number of benzene rings is 1. The third kappa shape index (κ3) is 2.59. The molecule has 108 valence electrons. The molecule has 3 atom stereocenters. The van der Waals surface area contributed by atoms with Gasteiger partial charge in [-0.2, -0.15) is 0 Å². The van der Waals surface area contributed by atoms with Crippen molar-refractivity contribution in [1.82, 2.24) is 4.90 Å². The molecule has 1 aromatic rings. The zero-order chi connectivity index (χ0) is 14.1. The number of likely N-dealkylation sites (tertiary alicyclic amines) is 1. The Morgan fingerprint density at radius 2 is 2.25 bits per heavy atom. The summed E-state index contributed by atoms with van der Waals surface area (Å²) in [4.78, 5) is 15.1. The number of carbonyl (C=O) groups is 1. The van der Waals surface area contributed by atoms with Crippen molar-refractivity contribution in [1.29, 1.82) is 0 Å². The molecule has 3 rings (SSSR count). The lowest BCUT2D eigenvalue weighted by atomic mass is 9.89. The zero-order valence-corrected chi connectivity index (χ0v) is 12.6. The van der Waals surface area contributed by atoms with Gasteiger partial charge < -0.3 is 5.11 Å². The van der Waals surface area contributed by atoms with Crippen LogP contribution in [0.3, 0.4) is 0 Å². The highest BCUT2D eigenvalue weighted by atomic mass is 32.2. The smallest absolute Gasteiger partial charge is 0.321 e. The second-order valence-electron chi connectivity index (χ2n) is 5.94. The quantitative estimate of drug-likeness (QED) is 0.929. The van der Waals surface area contributed by atoms with E-state index in [2.05, 4.69) is 36.1 Å². The van der Waals surface area contributed by atoms with Gasteiger partial charge in [-0.1, -0.05) is 25.1 Å². The lowest BCUT2D eigenvalue weighted by Gasteiger charge is -2.38. The van der Waals surface area contributed by atoms with Crippen LogP contribution in [-0.2, 0) is 4.79 Å². The molecule has 0 spiro atoms. The Hall–Kier alpha value is -1.00. The van der Waals surface area contributed by atoms with Crippen molar-refractivity contribution in [3.63, 3.8) is 0 Å². The van der Waals surface area contributed by atoms with Crippen LogP contribution < -0.4 is 0 Å². The van der Waals surface area contributed by atoms with Crippen LogP contribution in [0.25, 0.3) is 0 Å². The van der Waals surface area contributed by atoms with E-state index in [1.54, 1.807) is 0 Å². The molecule has 1 saturated heterocycles. The summed E-state index contributed by atoms with van der Waals surface area (Å²) in [7, 11) is 0. The van der Waals surface area contributed by atoms with Gasteiger partial charge in [-0.3, -0.25) is 9.69 Å². The van der Waals surface area contributed by atoms with E-state index in [1.807, 2.05) is 11.8 Å². The molecule has 1 aromatic carbocycles. The van der Waals surface area contributed by atoms with Crippen molar-refractivity contribution in [2.45, 2.75) is 36.6 Å². The molecule has 0 amide bonds. The van der Waals surface area contributed by atoms with Gasteiger partial charge in [0.25, 0.3) is 0 Å². The summed E-state index contributed by atoms with van der Waals surface area (Å²) < 4.78 is 0. The van der Waals surface area contributed by atoms with E-state index >= 15 is 0 Å². The Morgan fingerprint density at radius 3 is 3.05 bits per heavy atom. The predicted molar refractivity (Wildman–Crippen MR) is 81.3 cm³/mol. The highest BCUT2D eigenvalue weighted by molar-refractivity contribution is 7.99. The first-order valence-electron chi connectivity index (χ1n) is 7.35. The first-order chi connectivity index (χ1) is 9.66. The van der Waals surface area contributed by atoms with Crippen LogP contribution in [0.5, 0.6) is 0 Å². The molecule has 2 heterocycles. The molecular formula is C16H21NO2S. The summed E-state index contributed by atoms with van der Waals surface area (Å²) in [5, 5.41) is 9.50. The Morgan fingerprint density at radius 1 is 1.45 bits per heavy atom. The lowest BCUT2D eigenvalue weighted by molar-refractivity contribution is -0.146. The van der Waals surface area contributed by atoms with E-state index in [9.17, 15) is 9.90 Å². The number of hydrogen-bond acceptors (Lipinski definition) is 3. The number of piperidine rings is 1. The maximum Gasteiger partial charge on any atom is 0.321 e. The van der Waals surface area contributed by atoms with E-state index in [1.165, 1.54) is 10.5 Å². The number of rotatable bonds is 3. The summed E-state index contributed by atoms with van der Waals surface area (Å²) in [5.41, 5.74) is 1.40. The molecule has 3 unspecified atom stereocenters. The summed E-state index contributed by atoms with van der Waals surface area (Å²) in [5.74, 6) is 1.15. The number of carboxylic acids is 1. The number of thioether (sulfide) groups is 1. The largest absolute Gasteiger partial charge is 0.480 e. The predicted octanol–water partition coefficient (Wildman–Crippen LogP) is 3.06. The SMILES string of the molecule is CC1CCCN(CC2CSc3ccccc32)C1C(=O)O. The Bertz CT molecular complexity index is 505. The minimum absolute atomic E-state index is 0.255. The highest BCUT2D eigenvalue weighted by Gasteiger charge is 2.36. The fraction of sp³-hybridized carbons (Fsp3) is 0.562. The van der Waals surface area contributed by atoms with Crippen LogP contribution in [0.1, 0.15) is 31.2 Å². The number of nitrogens with zero attached hydrogens (tertiary/aromatic N) is 1. The third-order valence-corrected chi connectivity index (χ3v) is 5.80. The zero-order valence-electron chi connectivity index (χ0n) is 11.8. The van der Waals surface area contributed by atoms with E-state index in [-0.39, 0.29) is 12.0 Å². The number of fused-ring (bicyclic) bond motifs is 1. The van der Waals surface area contributed by atoms with Gasteiger partial charge >= 0.3 is 5.97 Å². The van der Waals surface area contributed by atoms with Crippen LogP contribution in [0.2, 0.25) is 0 Å². The average molecular weight is 291 g/mol. The van der Waals surface area contributed by atoms with Gasteiger partial charge in [-0.15, -0.1) is 11.8 Å². The lowest BCUT2D eigenvalue weighted by Crippen LogP contribution is -2.50. The van der Waals surface area contributed by atoms with E-state index in [0.717, 1.165) is 31.7 Å². The second kappa shape index (κ2) is 5.78. The molecule has 0 saturated carbocycles. The molecular weight excluding hydrogens is 270 g/mol. The van der Waals surface area contributed by atoms with Crippen molar-refractivity contribution < 1.29 is 9.90 Å². The number of carboxylic acid groups (broad SMARTS) is 1. The van der Waals surface area contributed by atoms with Crippen LogP contribution >= 0.6 is 11.8 Å². The van der Waals surface area contributed by atoms with Gasteiger partial charge in [0.1, 0.15) is 6.04 Å². The van der Waals surface area contributed by atoms with Crippen molar-refractivity contribution in [2.75, 3.05) is 18.8 Å². The molecule has 1 fully saturated rings. The maximum absolute atomic E-state index is 11.5. The number of aliphatic carboxylic acids is 1. The third-order valence-electron chi connectivity index (χ3n) is 4.54. The van der Waals surface area contributed by atoms with Gasteiger partial charge in [0.2, 0.25) is 0 Å². The normalized spacial score (nSPS) is 30.1. The Balaban J connectivity index is 1.75. The first-order valence-corrected chi connectivity index (χ1v) is 8.34. The molecule has 0 aliphatic carbocycles. The minimum Gasteiger partial charge on any atom is -0.480 e. The van der Waals surface area contributed by atoms with Gasteiger partial charge in [0.05, 0.1) is 0 Å². The summed E-state index contributed by atoms with van der Waals surface area (Å²) >= 11 is 1.90. The van der Waals surface area contributed by atoms with Crippen molar-refractivity contribution in [3.8, 4) is 0 Å². The molecule has 2 aliphatic rings. The summed E-state index contributed by atoms with van der Waals surface area (Å²) in [6, 6.07) is 8.24. The fourth-order valence-electron chi connectivity index (χ4n) is 3.54. The standard InChI is InChI=1S/C16H21NO2S/c1-11-5-4-8-17(15(11)16(18)19)9-12-10-20-14-7-3-2-6-13(12)14/h2-3,6-7,11-12,15H,4-5,8-10H2,1H3,(H,18,19). The fourth-order valence-corrected chi connectivity index (χ4v) is 4.78. The topological polar surface area (TPSA) is 40.5 Å². The van der Waals surface area contributed by atoms with Gasteiger partial charge in [0, 0.05) is 23.1 Å². The van der Waals surface area contributed by atoms with Crippen molar-refractivity contribution in [2.24, 2.45) is 5.92 Å².